The van der Waals surface area contributed by atoms with E-state index in [2.05, 4.69) is 46.1 Å². The summed E-state index contributed by atoms with van der Waals surface area (Å²) in [7, 11) is 2.01. The lowest BCUT2D eigenvalue weighted by molar-refractivity contribution is 0.174. The summed E-state index contributed by atoms with van der Waals surface area (Å²) in [6.07, 6.45) is 2.94. The number of benzene rings is 2. The third-order valence-corrected chi connectivity index (χ3v) is 4.54. The molecule has 1 aromatic heterocycles. The largest absolute Gasteiger partial charge is 0.454 e. The molecule has 2 heterocycles. The highest BCUT2D eigenvalue weighted by atomic mass is 16.7. The molecule has 0 atom stereocenters. The Morgan fingerprint density at radius 3 is 2.60 bits per heavy atom. The van der Waals surface area contributed by atoms with Crippen LogP contribution in [-0.4, -0.2) is 16.3 Å². The Balaban J connectivity index is 1.50. The highest BCUT2D eigenvalue weighted by molar-refractivity contribution is 5.66. The molecule has 0 saturated heterocycles. The molecule has 1 aliphatic rings. The van der Waals surface area contributed by atoms with Gasteiger partial charge in [0.2, 0.25) is 12.7 Å². The molecular weight excluding hydrogens is 314 g/mol. The Bertz CT molecular complexity index is 884. The molecule has 0 spiro atoms. The van der Waals surface area contributed by atoms with E-state index in [-0.39, 0.29) is 6.79 Å². The van der Waals surface area contributed by atoms with Crippen LogP contribution in [0.5, 0.6) is 11.5 Å². The minimum atomic E-state index is 0.286. The van der Waals surface area contributed by atoms with E-state index in [1.54, 1.807) is 0 Å². The number of aromatic nitrogens is 2. The summed E-state index contributed by atoms with van der Waals surface area (Å²) in [5, 5.41) is 3.41. The van der Waals surface area contributed by atoms with Gasteiger partial charge in [0.15, 0.2) is 11.5 Å². The number of nitrogens with zero attached hydrogens (tertiary/aromatic N) is 2. The van der Waals surface area contributed by atoms with Gasteiger partial charge in [-0.3, -0.25) is 0 Å². The molecule has 25 heavy (non-hydrogen) atoms. The monoisotopic (exact) mass is 335 g/mol. The Kier molecular flexibility index (Phi) is 4.06. The average molecular weight is 335 g/mol. The molecule has 0 amide bonds. The van der Waals surface area contributed by atoms with Crippen molar-refractivity contribution >= 4 is 5.95 Å². The number of aryl methyl sites for hydroxylation is 1. The first-order valence-electron chi connectivity index (χ1n) is 8.48. The van der Waals surface area contributed by atoms with Gasteiger partial charge in [-0.2, -0.15) is 0 Å². The van der Waals surface area contributed by atoms with Crippen LogP contribution < -0.4 is 14.8 Å². The Labute approximate surface area is 147 Å². The first kappa shape index (κ1) is 15.6. The van der Waals surface area contributed by atoms with E-state index in [4.69, 9.17) is 9.47 Å². The van der Waals surface area contributed by atoms with Gasteiger partial charge in [-0.15, -0.1) is 0 Å². The molecule has 5 nitrogen and oxygen atoms in total. The van der Waals surface area contributed by atoms with Crippen LogP contribution in [0.15, 0.2) is 48.7 Å². The molecule has 3 aromatic rings. The summed E-state index contributed by atoms with van der Waals surface area (Å²) in [5.41, 5.74) is 4.68. The second-order valence-corrected chi connectivity index (χ2v) is 6.12. The second kappa shape index (κ2) is 6.51. The number of anilines is 1. The lowest BCUT2D eigenvalue weighted by Crippen LogP contribution is -2.05. The van der Waals surface area contributed by atoms with Crippen molar-refractivity contribution in [1.82, 2.24) is 9.55 Å². The minimum Gasteiger partial charge on any atom is -0.454 e. The summed E-state index contributed by atoms with van der Waals surface area (Å²) in [5.74, 6) is 2.41. The predicted molar refractivity (Wildman–Crippen MR) is 97.9 cm³/mol. The summed E-state index contributed by atoms with van der Waals surface area (Å²) in [4.78, 5) is 4.51. The molecule has 0 fully saturated rings. The molecule has 0 unspecified atom stereocenters. The molecule has 0 radical (unpaired) electrons. The topological polar surface area (TPSA) is 48.3 Å². The number of ether oxygens (including phenoxy) is 2. The molecular formula is C20H21N3O2. The van der Waals surface area contributed by atoms with Crippen molar-refractivity contribution in [3.05, 3.63) is 59.8 Å². The summed E-state index contributed by atoms with van der Waals surface area (Å²) >= 11 is 0. The van der Waals surface area contributed by atoms with E-state index < -0.39 is 0 Å². The Hall–Kier alpha value is -2.95. The number of nitrogens with one attached hydrogen (secondary N) is 1. The lowest BCUT2D eigenvalue weighted by Gasteiger charge is -2.09. The predicted octanol–water partition coefficient (Wildman–Crippen LogP) is 3.99. The Morgan fingerprint density at radius 2 is 1.80 bits per heavy atom. The van der Waals surface area contributed by atoms with E-state index >= 15 is 0 Å². The fraction of sp³-hybridized carbons (Fsp3) is 0.250. The van der Waals surface area contributed by atoms with Gasteiger partial charge >= 0.3 is 0 Å². The SMILES string of the molecule is CCc1ccc(CNc2ncc(-c3ccc4c(c3)OCO4)n2C)cc1. The summed E-state index contributed by atoms with van der Waals surface area (Å²) in [6, 6.07) is 14.6. The highest BCUT2D eigenvalue weighted by Gasteiger charge is 2.16. The van der Waals surface area contributed by atoms with E-state index in [1.807, 2.05) is 31.4 Å². The van der Waals surface area contributed by atoms with Crippen molar-refractivity contribution in [1.29, 1.82) is 0 Å². The Morgan fingerprint density at radius 1 is 1.04 bits per heavy atom. The quantitative estimate of drug-likeness (QED) is 0.766. The smallest absolute Gasteiger partial charge is 0.231 e. The van der Waals surface area contributed by atoms with E-state index in [9.17, 15) is 0 Å². The van der Waals surface area contributed by atoms with E-state index in [0.29, 0.717) is 0 Å². The van der Waals surface area contributed by atoms with E-state index in [0.717, 1.165) is 41.7 Å². The number of hydrogen-bond donors (Lipinski definition) is 1. The third kappa shape index (κ3) is 3.05. The van der Waals surface area contributed by atoms with Gasteiger partial charge < -0.3 is 19.4 Å². The molecule has 0 saturated carbocycles. The second-order valence-electron chi connectivity index (χ2n) is 6.12. The van der Waals surface area contributed by atoms with Crippen molar-refractivity contribution in [2.24, 2.45) is 7.05 Å². The molecule has 128 valence electrons. The molecule has 0 aliphatic carbocycles. The lowest BCUT2D eigenvalue weighted by atomic mass is 10.1. The number of imidazole rings is 1. The van der Waals surface area contributed by atoms with Crippen molar-refractivity contribution in [2.45, 2.75) is 19.9 Å². The van der Waals surface area contributed by atoms with Gasteiger partial charge in [0.05, 0.1) is 11.9 Å². The van der Waals surface area contributed by atoms with Crippen LogP contribution in [-0.2, 0) is 20.0 Å². The zero-order valence-corrected chi connectivity index (χ0v) is 14.5. The van der Waals surface area contributed by atoms with Gasteiger partial charge in [-0.05, 0) is 35.7 Å². The maximum Gasteiger partial charge on any atom is 0.231 e. The van der Waals surface area contributed by atoms with Gasteiger partial charge in [0, 0.05) is 19.2 Å². The van der Waals surface area contributed by atoms with Crippen molar-refractivity contribution in [2.75, 3.05) is 12.1 Å². The molecule has 4 rings (SSSR count). The van der Waals surface area contributed by atoms with Crippen molar-refractivity contribution in [3.63, 3.8) is 0 Å². The minimum absolute atomic E-state index is 0.286. The average Bonchev–Trinajstić information content (AvgIpc) is 3.26. The van der Waals surface area contributed by atoms with Crippen LogP contribution in [0, 0.1) is 0 Å². The molecule has 0 bridgehead atoms. The van der Waals surface area contributed by atoms with E-state index in [1.165, 1.54) is 11.1 Å². The maximum atomic E-state index is 5.46. The fourth-order valence-electron chi connectivity index (χ4n) is 2.97. The molecule has 1 N–H and O–H groups in total. The van der Waals surface area contributed by atoms with Gasteiger partial charge in [-0.1, -0.05) is 31.2 Å². The van der Waals surface area contributed by atoms with Gasteiger partial charge in [0.25, 0.3) is 0 Å². The standard InChI is InChI=1S/C20H21N3O2/c1-3-14-4-6-15(7-5-14)11-21-20-22-12-17(23(20)2)16-8-9-18-19(10-16)25-13-24-18/h4-10,12H,3,11,13H2,1-2H3,(H,21,22). The van der Waals surface area contributed by atoms with Crippen LogP contribution in [0.1, 0.15) is 18.1 Å². The van der Waals surface area contributed by atoms with Crippen LogP contribution in [0.25, 0.3) is 11.3 Å². The van der Waals surface area contributed by atoms with Gasteiger partial charge in [0.1, 0.15) is 0 Å². The molecule has 5 heteroatoms. The zero-order chi connectivity index (χ0) is 17.2. The summed E-state index contributed by atoms with van der Waals surface area (Å²) < 4.78 is 12.9. The molecule has 2 aromatic carbocycles. The fourth-order valence-corrected chi connectivity index (χ4v) is 2.97. The van der Waals surface area contributed by atoms with Crippen molar-refractivity contribution < 1.29 is 9.47 Å². The molecule has 1 aliphatic heterocycles. The third-order valence-electron chi connectivity index (χ3n) is 4.54. The van der Waals surface area contributed by atoms with Crippen LogP contribution in [0.3, 0.4) is 0 Å². The highest BCUT2D eigenvalue weighted by Crippen LogP contribution is 2.36. The number of rotatable bonds is 5. The van der Waals surface area contributed by atoms with Crippen LogP contribution in [0.4, 0.5) is 5.95 Å². The first-order valence-corrected chi connectivity index (χ1v) is 8.48. The van der Waals surface area contributed by atoms with Crippen LogP contribution >= 0.6 is 0 Å². The van der Waals surface area contributed by atoms with Crippen molar-refractivity contribution in [3.8, 4) is 22.8 Å². The van der Waals surface area contributed by atoms with Crippen LogP contribution in [0.2, 0.25) is 0 Å². The normalized spacial score (nSPS) is 12.4. The number of fused-ring (bicyclic) bond motifs is 1. The maximum absolute atomic E-state index is 5.46. The van der Waals surface area contributed by atoms with Gasteiger partial charge in [-0.25, -0.2) is 4.98 Å². The zero-order valence-electron chi connectivity index (χ0n) is 14.5. The number of hydrogen-bond acceptors (Lipinski definition) is 4. The first-order chi connectivity index (χ1) is 12.2. The summed E-state index contributed by atoms with van der Waals surface area (Å²) in [6.45, 7) is 3.20.